The van der Waals surface area contributed by atoms with Gasteiger partial charge in [-0.3, -0.25) is 0 Å². The van der Waals surface area contributed by atoms with Gasteiger partial charge in [0.15, 0.2) is 16.7 Å². The Morgan fingerprint density at radius 3 is 2.40 bits per heavy atom. The average molecular weight is 566 g/mol. The highest BCUT2D eigenvalue weighted by molar-refractivity contribution is 7.22. The quantitative estimate of drug-likeness (QED) is 0.334. The fraction of sp³-hybridized carbons (Fsp3) is 0.600. The number of halogens is 1. The maximum absolute atomic E-state index is 14.6. The van der Waals surface area contributed by atoms with Crippen molar-refractivity contribution in [3.05, 3.63) is 40.5 Å². The highest BCUT2D eigenvalue weighted by Gasteiger charge is 2.49. The highest BCUT2D eigenvalue weighted by atomic mass is 32.1. The van der Waals surface area contributed by atoms with Crippen LogP contribution in [0.2, 0.25) is 0 Å². The van der Waals surface area contributed by atoms with Crippen LogP contribution < -0.4 is 4.90 Å². The van der Waals surface area contributed by atoms with Crippen LogP contribution in [0.4, 0.5) is 9.52 Å². The van der Waals surface area contributed by atoms with Crippen molar-refractivity contribution in [3.63, 3.8) is 0 Å². The average Bonchev–Trinajstić information content (AvgIpc) is 3.43. The standard InChI is InChI=1S/C30H32FN3O5S/c31-21-11-17(27(35)36)12-22-24(21)32-29(40-22)34-18-3-4-19(34)14-20(13-18)38-28(37)23-25(16-1-2-16)39-33-26(23)30-8-5-15(6-9-30)7-10-30/h11-12,15-16,18-20H,1-10,13-14H2,(H,35,36). The number of anilines is 1. The number of ether oxygens (including phenoxy) is 1. The third kappa shape index (κ3) is 3.89. The number of aromatic carboxylic acids is 1. The Morgan fingerprint density at radius 1 is 1.05 bits per heavy atom. The van der Waals surface area contributed by atoms with Gasteiger partial charge in [0, 0.05) is 36.3 Å². The molecule has 0 spiro atoms. The van der Waals surface area contributed by atoms with Gasteiger partial charge in [-0.1, -0.05) is 16.5 Å². The van der Waals surface area contributed by atoms with Crippen molar-refractivity contribution in [1.82, 2.24) is 10.1 Å². The summed E-state index contributed by atoms with van der Waals surface area (Å²) < 4.78 is 27.3. The fourth-order valence-electron chi connectivity index (χ4n) is 8.05. The second kappa shape index (κ2) is 8.99. The number of carbonyl (C=O) groups is 2. The molecule has 2 atom stereocenters. The summed E-state index contributed by atoms with van der Waals surface area (Å²) in [4.78, 5) is 32.1. The lowest BCUT2D eigenvalue weighted by atomic mass is 9.59. The Morgan fingerprint density at radius 2 is 1.75 bits per heavy atom. The van der Waals surface area contributed by atoms with E-state index < -0.39 is 11.8 Å². The van der Waals surface area contributed by atoms with Crippen LogP contribution in [0.1, 0.15) is 115 Å². The van der Waals surface area contributed by atoms with Gasteiger partial charge in [-0.05, 0) is 82.3 Å². The summed E-state index contributed by atoms with van der Waals surface area (Å²) in [6.45, 7) is 0. The van der Waals surface area contributed by atoms with E-state index in [0.29, 0.717) is 28.2 Å². The Labute approximate surface area is 234 Å². The molecule has 2 unspecified atom stereocenters. The molecule has 6 aliphatic rings. The predicted octanol–water partition coefficient (Wildman–Crippen LogP) is 6.58. The molecule has 10 heteroatoms. The van der Waals surface area contributed by atoms with Gasteiger partial charge < -0.3 is 19.3 Å². The normalized spacial score (nSPS) is 31.2. The van der Waals surface area contributed by atoms with Crippen LogP contribution in [0.5, 0.6) is 0 Å². The lowest BCUT2D eigenvalue weighted by molar-refractivity contribution is 0.0195. The number of thiazole rings is 1. The molecule has 6 fully saturated rings. The summed E-state index contributed by atoms with van der Waals surface area (Å²) in [7, 11) is 0. The predicted molar refractivity (Wildman–Crippen MR) is 146 cm³/mol. The van der Waals surface area contributed by atoms with Gasteiger partial charge in [-0.2, -0.15) is 0 Å². The topological polar surface area (TPSA) is 106 Å². The van der Waals surface area contributed by atoms with Crippen molar-refractivity contribution < 1.29 is 28.3 Å². The lowest BCUT2D eigenvalue weighted by Crippen LogP contribution is -2.46. The number of carbonyl (C=O) groups excluding carboxylic acids is 1. The molecule has 4 saturated carbocycles. The zero-order chi connectivity index (χ0) is 27.2. The van der Waals surface area contributed by atoms with E-state index in [4.69, 9.17) is 9.26 Å². The van der Waals surface area contributed by atoms with E-state index in [1.807, 2.05) is 0 Å². The van der Waals surface area contributed by atoms with Crippen LogP contribution in [0, 0.1) is 11.7 Å². The zero-order valence-electron chi connectivity index (χ0n) is 22.2. The first kappa shape index (κ1) is 24.8. The summed E-state index contributed by atoms with van der Waals surface area (Å²) in [6.07, 6.45) is 12.0. The summed E-state index contributed by atoms with van der Waals surface area (Å²) in [5.41, 5.74) is 1.56. The summed E-state index contributed by atoms with van der Waals surface area (Å²) in [5.74, 6) is -0.218. The minimum absolute atomic E-state index is 0.0508. The van der Waals surface area contributed by atoms with Crippen LogP contribution in [-0.4, -0.2) is 45.4 Å². The van der Waals surface area contributed by atoms with Crippen LogP contribution in [0.15, 0.2) is 16.7 Å². The van der Waals surface area contributed by atoms with Crippen molar-refractivity contribution in [1.29, 1.82) is 0 Å². The SMILES string of the molecule is O=C(O)c1cc(F)c2nc(N3C4CCC3CC(OC(=O)c3c(C56CCC(CC5)CC6)noc3C3CC3)C4)sc2c1. The van der Waals surface area contributed by atoms with E-state index in [1.165, 1.54) is 36.7 Å². The van der Waals surface area contributed by atoms with Crippen LogP contribution in [0.3, 0.4) is 0 Å². The van der Waals surface area contributed by atoms with Crippen molar-refractivity contribution in [3.8, 4) is 0 Å². The molecular weight excluding hydrogens is 533 g/mol. The number of benzene rings is 1. The number of esters is 1. The number of carboxylic acid groups (broad SMARTS) is 1. The number of hydrogen-bond donors (Lipinski definition) is 1. The van der Waals surface area contributed by atoms with E-state index >= 15 is 0 Å². The number of nitrogens with zero attached hydrogens (tertiary/aromatic N) is 3. The molecule has 4 bridgehead atoms. The maximum atomic E-state index is 14.6. The fourth-order valence-corrected chi connectivity index (χ4v) is 9.21. The van der Waals surface area contributed by atoms with Gasteiger partial charge in [-0.25, -0.2) is 19.0 Å². The number of fused-ring (bicyclic) bond motifs is 6. The van der Waals surface area contributed by atoms with Crippen LogP contribution in [-0.2, 0) is 10.2 Å². The van der Waals surface area contributed by atoms with Crippen LogP contribution >= 0.6 is 11.3 Å². The first-order valence-corrected chi connectivity index (χ1v) is 15.5. The minimum Gasteiger partial charge on any atom is -0.478 e. The van der Waals surface area contributed by atoms with Crippen molar-refractivity contribution in [2.24, 2.45) is 5.92 Å². The third-order valence-corrected chi connectivity index (χ3v) is 11.4. The van der Waals surface area contributed by atoms with E-state index in [2.05, 4.69) is 15.0 Å². The third-order valence-electron chi connectivity index (χ3n) is 10.3. The smallest absolute Gasteiger partial charge is 0.344 e. The molecule has 4 aliphatic carbocycles. The van der Waals surface area contributed by atoms with Crippen molar-refractivity contribution >= 4 is 38.6 Å². The van der Waals surface area contributed by atoms with Gasteiger partial charge >= 0.3 is 11.9 Å². The summed E-state index contributed by atoms with van der Waals surface area (Å²) in [6, 6.07) is 2.79. The van der Waals surface area contributed by atoms with E-state index in [0.717, 1.165) is 68.4 Å². The molecule has 40 heavy (non-hydrogen) atoms. The van der Waals surface area contributed by atoms with Crippen molar-refractivity contribution in [2.75, 3.05) is 4.90 Å². The molecule has 8 nitrogen and oxygen atoms in total. The minimum atomic E-state index is -1.16. The van der Waals surface area contributed by atoms with Crippen molar-refractivity contribution in [2.45, 2.75) is 107 Å². The Balaban J connectivity index is 1.03. The first-order valence-electron chi connectivity index (χ1n) is 14.7. The Bertz CT molecular complexity index is 1490. The van der Waals surface area contributed by atoms with Gasteiger partial charge in [0.2, 0.25) is 0 Å². The monoisotopic (exact) mass is 565 g/mol. The lowest BCUT2D eigenvalue weighted by Gasteiger charge is -2.45. The summed E-state index contributed by atoms with van der Waals surface area (Å²) >= 11 is 1.33. The van der Waals surface area contributed by atoms with Gasteiger partial charge in [-0.15, -0.1) is 0 Å². The van der Waals surface area contributed by atoms with E-state index in [1.54, 1.807) is 0 Å². The van der Waals surface area contributed by atoms with E-state index in [-0.39, 0.29) is 46.6 Å². The Kier molecular flexibility index (Phi) is 5.57. The molecule has 210 valence electrons. The molecule has 2 aromatic heterocycles. The second-order valence-corrected chi connectivity index (χ2v) is 13.7. The first-order chi connectivity index (χ1) is 19.4. The largest absolute Gasteiger partial charge is 0.478 e. The Hall–Kier alpha value is -3.01. The number of hydrogen-bond acceptors (Lipinski definition) is 8. The molecule has 0 radical (unpaired) electrons. The van der Waals surface area contributed by atoms with Gasteiger partial charge in [0.25, 0.3) is 0 Å². The number of aromatic nitrogens is 2. The number of piperidine rings is 1. The molecule has 3 aromatic rings. The number of rotatable bonds is 6. The molecular formula is C30H32FN3O5S. The molecule has 0 amide bonds. The molecule has 2 saturated heterocycles. The van der Waals surface area contributed by atoms with Gasteiger partial charge in [0.1, 0.15) is 22.9 Å². The molecule has 2 aliphatic heterocycles. The van der Waals surface area contributed by atoms with Gasteiger partial charge in [0.05, 0.1) is 10.3 Å². The molecule has 1 aromatic carbocycles. The highest BCUT2D eigenvalue weighted by Crippen LogP contribution is 2.54. The molecule has 9 rings (SSSR count). The molecule has 1 N–H and O–H groups in total. The zero-order valence-corrected chi connectivity index (χ0v) is 23.1. The summed E-state index contributed by atoms with van der Waals surface area (Å²) in [5, 5.41) is 14.6. The van der Waals surface area contributed by atoms with E-state index in [9.17, 15) is 19.1 Å². The molecule has 4 heterocycles. The van der Waals surface area contributed by atoms with Crippen LogP contribution in [0.25, 0.3) is 10.2 Å². The second-order valence-electron chi connectivity index (χ2n) is 12.7. The maximum Gasteiger partial charge on any atom is 0.344 e. The number of carboxylic acids is 1.